The van der Waals surface area contributed by atoms with E-state index in [-0.39, 0.29) is 30.6 Å². The van der Waals surface area contributed by atoms with Gasteiger partial charge >= 0.3 is 12.0 Å². The molecule has 1 aliphatic heterocycles. The van der Waals surface area contributed by atoms with Gasteiger partial charge in [-0.1, -0.05) is 30.3 Å². The lowest BCUT2D eigenvalue weighted by atomic mass is 10.0. The number of methoxy groups -OCH3 is 1. The number of nitrogens with one attached hydrogen (secondary N) is 2. The van der Waals surface area contributed by atoms with Gasteiger partial charge < -0.3 is 25.2 Å². The van der Waals surface area contributed by atoms with E-state index in [2.05, 4.69) is 10.6 Å². The zero-order valence-corrected chi connectivity index (χ0v) is 15.1. The van der Waals surface area contributed by atoms with E-state index >= 15 is 0 Å². The van der Waals surface area contributed by atoms with Crippen molar-refractivity contribution in [1.29, 1.82) is 0 Å². The Morgan fingerprint density at radius 1 is 1.31 bits per heavy atom. The molecule has 0 saturated carbocycles. The van der Waals surface area contributed by atoms with Crippen LogP contribution in [-0.2, 0) is 20.7 Å². The Kier molecular flexibility index (Phi) is 8.37. The van der Waals surface area contributed by atoms with Gasteiger partial charge in [-0.25, -0.2) is 4.79 Å². The summed E-state index contributed by atoms with van der Waals surface area (Å²) in [6.07, 6.45) is 2.77. The van der Waals surface area contributed by atoms with Crippen molar-refractivity contribution in [1.82, 2.24) is 10.6 Å². The molecule has 0 radical (unpaired) electrons. The molecule has 1 aromatic carbocycles. The van der Waals surface area contributed by atoms with Gasteiger partial charge in [-0.15, -0.1) is 0 Å². The van der Waals surface area contributed by atoms with Gasteiger partial charge in [-0.2, -0.15) is 0 Å². The average Bonchev–Trinajstić information content (AvgIpc) is 3.15. The van der Waals surface area contributed by atoms with Gasteiger partial charge in [0, 0.05) is 26.2 Å². The van der Waals surface area contributed by atoms with Crippen molar-refractivity contribution in [3.8, 4) is 0 Å². The van der Waals surface area contributed by atoms with Crippen molar-refractivity contribution in [3.05, 3.63) is 35.9 Å². The van der Waals surface area contributed by atoms with Crippen molar-refractivity contribution in [2.24, 2.45) is 0 Å². The van der Waals surface area contributed by atoms with Gasteiger partial charge in [0.2, 0.25) is 0 Å². The van der Waals surface area contributed by atoms with Crippen LogP contribution in [0.25, 0.3) is 0 Å². The van der Waals surface area contributed by atoms with Gasteiger partial charge in [0.05, 0.1) is 18.8 Å². The summed E-state index contributed by atoms with van der Waals surface area (Å²) in [5.41, 5.74) is 1.05. The minimum Gasteiger partial charge on any atom is -0.481 e. The molecular weight excluding hydrogens is 336 g/mol. The summed E-state index contributed by atoms with van der Waals surface area (Å²) < 4.78 is 10.8. The lowest BCUT2D eigenvalue weighted by molar-refractivity contribution is -0.137. The largest absolute Gasteiger partial charge is 0.481 e. The van der Waals surface area contributed by atoms with Crippen LogP contribution in [0.3, 0.4) is 0 Å². The fourth-order valence-electron chi connectivity index (χ4n) is 3.16. The SMILES string of the molecule is COCC(NC(=O)NC(CCC(=O)O)Cc1ccccc1)C1CCCO1. The summed E-state index contributed by atoms with van der Waals surface area (Å²) >= 11 is 0. The zero-order valence-electron chi connectivity index (χ0n) is 15.1. The number of hydrogen-bond donors (Lipinski definition) is 3. The fourth-order valence-corrected chi connectivity index (χ4v) is 3.16. The molecule has 0 aliphatic carbocycles. The monoisotopic (exact) mass is 364 g/mol. The molecule has 1 fully saturated rings. The summed E-state index contributed by atoms with van der Waals surface area (Å²) in [5, 5.41) is 14.8. The van der Waals surface area contributed by atoms with Crippen LogP contribution in [0.5, 0.6) is 0 Å². The second-order valence-corrected chi connectivity index (χ2v) is 6.55. The van der Waals surface area contributed by atoms with Crippen LogP contribution in [-0.4, -0.2) is 55.6 Å². The molecule has 2 amide bonds. The number of urea groups is 1. The number of ether oxygens (including phenoxy) is 2. The van der Waals surface area contributed by atoms with E-state index in [1.54, 1.807) is 7.11 Å². The number of rotatable bonds is 10. The first-order chi connectivity index (χ1) is 12.6. The Bertz CT molecular complexity index is 560. The number of carboxylic acid groups (broad SMARTS) is 1. The van der Waals surface area contributed by atoms with Crippen molar-refractivity contribution >= 4 is 12.0 Å². The third-order valence-electron chi connectivity index (χ3n) is 4.44. The molecule has 3 unspecified atom stereocenters. The highest BCUT2D eigenvalue weighted by Gasteiger charge is 2.28. The predicted octanol–water partition coefficient (Wildman–Crippen LogP) is 1.96. The summed E-state index contributed by atoms with van der Waals surface area (Å²) in [5.74, 6) is -0.873. The van der Waals surface area contributed by atoms with Gasteiger partial charge in [0.25, 0.3) is 0 Å². The number of carboxylic acids is 1. The number of aliphatic carboxylic acids is 1. The third kappa shape index (κ3) is 7.01. The molecule has 0 bridgehead atoms. The number of benzene rings is 1. The molecule has 0 aromatic heterocycles. The van der Waals surface area contributed by atoms with E-state index in [9.17, 15) is 9.59 Å². The summed E-state index contributed by atoms with van der Waals surface area (Å²) in [7, 11) is 1.59. The second kappa shape index (κ2) is 10.8. The number of carbonyl (C=O) groups is 2. The quantitative estimate of drug-likeness (QED) is 0.590. The third-order valence-corrected chi connectivity index (χ3v) is 4.44. The van der Waals surface area contributed by atoms with E-state index in [0.29, 0.717) is 26.1 Å². The van der Waals surface area contributed by atoms with Gasteiger partial charge in [-0.05, 0) is 31.2 Å². The van der Waals surface area contributed by atoms with E-state index in [1.165, 1.54) is 0 Å². The van der Waals surface area contributed by atoms with Crippen LogP contribution < -0.4 is 10.6 Å². The molecule has 1 saturated heterocycles. The van der Waals surface area contributed by atoms with Crippen LogP contribution in [0.15, 0.2) is 30.3 Å². The topological polar surface area (TPSA) is 96.9 Å². The lowest BCUT2D eigenvalue weighted by Crippen LogP contribution is -2.52. The second-order valence-electron chi connectivity index (χ2n) is 6.55. The summed E-state index contributed by atoms with van der Waals surface area (Å²) in [6.45, 7) is 1.07. The van der Waals surface area contributed by atoms with Crippen LogP contribution in [0, 0.1) is 0 Å². The maximum atomic E-state index is 12.4. The van der Waals surface area contributed by atoms with Crippen molar-refractivity contribution < 1.29 is 24.2 Å². The van der Waals surface area contributed by atoms with Gasteiger partial charge in [0.15, 0.2) is 0 Å². The molecule has 0 spiro atoms. The Morgan fingerprint density at radius 3 is 2.69 bits per heavy atom. The first kappa shape index (κ1) is 20.2. The highest BCUT2D eigenvalue weighted by molar-refractivity contribution is 5.75. The standard InChI is InChI=1S/C19H28N2O5/c1-25-13-16(17-8-5-11-26-17)21-19(24)20-15(9-10-18(22)23)12-14-6-3-2-4-7-14/h2-4,6-7,15-17H,5,8-13H2,1H3,(H,22,23)(H2,20,21,24). The fraction of sp³-hybridized carbons (Fsp3) is 0.579. The van der Waals surface area contributed by atoms with Crippen LogP contribution in [0.2, 0.25) is 0 Å². The minimum absolute atomic E-state index is 0.00498. The average molecular weight is 364 g/mol. The highest BCUT2D eigenvalue weighted by Crippen LogP contribution is 2.16. The van der Waals surface area contributed by atoms with Gasteiger partial charge in [0.1, 0.15) is 0 Å². The molecule has 1 aromatic rings. The maximum Gasteiger partial charge on any atom is 0.315 e. The van der Waals surface area contributed by atoms with E-state index < -0.39 is 5.97 Å². The van der Waals surface area contributed by atoms with Crippen LogP contribution >= 0.6 is 0 Å². The van der Waals surface area contributed by atoms with Crippen LogP contribution in [0.1, 0.15) is 31.2 Å². The molecule has 26 heavy (non-hydrogen) atoms. The molecule has 3 N–H and O–H groups in total. The molecule has 3 atom stereocenters. The lowest BCUT2D eigenvalue weighted by Gasteiger charge is -2.25. The normalized spacial score (nSPS) is 18.9. The zero-order chi connectivity index (χ0) is 18.8. The Hall–Kier alpha value is -2.12. The first-order valence-electron chi connectivity index (χ1n) is 9.01. The van der Waals surface area contributed by atoms with E-state index in [4.69, 9.17) is 14.6 Å². The van der Waals surface area contributed by atoms with Crippen molar-refractivity contribution in [2.45, 2.75) is 50.3 Å². The summed E-state index contributed by atoms with van der Waals surface area (Å²) in [6, 6.07) is 8.90. The Labute approximate surface area is 154 Å². The van der Waals surface area contributed by atoms with Crippen molar-refractivity contribution in [3.63, 3.8) is 0 Å². The molecule has 7 heteroatoms. The van der Waals surface area contributed by atoms with E-state index in [0.717, 1.165) is 18.4 Å². The van der Waals surface area contributed by atoms with E-state index in [1.807, 2.05) is 30.3 Å². The highest BCUT2D eigenvalue weighted by atomic mass is 16.5. The number of amides is 2. The Morgan fingerprint density at radius 2 is 2.08 bits per heavy atom. The smallest absolute Gasteiger partial charge is 0.315 e. The summed E-state index contributed by atoms with van der Waals surface area (Å²) in [4.78, 5) is 23.4. The molecule has 1 heterocycles. The van der Waals surface area contributed by atoms with Crippen LogP contribution in [0.4, 0.5) is 4.79 Å². The first-order valence-corrected chi connectivity index (χ1v) is 9.01. The van der Waals surface area contributed by atoms with Crippen molar-refractivity contribution in [2.75, 3.05) is 20.3 Å². The number of carbonyl (C=O) groups excluding carboxylic acids is 1. The molecule has 7 nitrogen and oxygen atoms in total. The molecule has 2 rings (SSSR count). The number of hydrogen-bond acceptors (Lipinski definition) is 4. The predicted molar refractivity (Wildman–Crippen MR) is 97.1 cm³/mol. The minimum atomic E-state index is -0.873. The molecule has 144 valence electrons. The molecular formula is C19H28N2O5. The maximum absolute atomic E-state index is 12.4. The Balaban J connectivity index is 1.93. The molecule has 1 aliphatic rings. The van der Waals surface area contributed by atoms with Gasteiger partial charge in [-0.3, -0.25) is 4.79 Å².